The molecule has 21 heavy (non-hydrogen) atoms. The van der Waals surface area contributed by atoms with Gasteiger partial charge in [-0.1, -0.05) is 19.8 Å². The van der Waals surface area contributed by atoms with Crippen LogP contribution in [0.4, 0.5) is 4.79 Å². The molecule has 2 amide bonds. The lowest BCUT2D eigenvalue weighted by atomic mass is 9.83. The van der Waals surface area contributed by atoms with Crippen molar-refractivity contribution < 1.29 is 14.7 Å². The molecule has 120 valence electrons. The van der Waals surface area contributed by atoms with E-state index in [0.717, 1.165) is 25.8 Å². The number of hydrogen-bond donors (Lipinski definition) is 2. The van der Waals surface area contributed by atoms with E-state index in [4.69, 9.17) is 5.11 Å². The van der Waals surface area contributed by atoms with Gasteiger partial charge in [0.2, 0.25) is 0 Å². The van der Waals surface area contributed by atoms with Crippen LogP contribution >= 0.6 is 0 Å². The second-order valence-electron chi connectivity index (χ2n) is 6.75. The molecular formula is C16H28N2O3. The maximum atomic E-state index is 12.2. The fourth-order valence-electron chi connectivity index (χ4n) is 3.74. The monoisotopic (exact) mass is 296 g/mol. The Morgan fingerprint density at radius 2 is 1.86 bits per heavy atom. The van der Waals surface area contributed by atoms with Gasteiger partial charge < -0.3 is 15.3 Å². The van der Waals surface area contributed by atoms with Gasteiger partial charge in [-0.15, -0.1) is 0 Å². The summed E-state index contributed by atoms with van der Waals surface area (Å²) in [5.41, 5.74) is 0.317. The Labute approximate surface area is 127 Å². The van der Waals surface area contributed by atoms with Crippen LogP contribution in [0, 0.1) is 11.3 Å². The summed E-state index contributed by atoms with van der Waals surface area (Å²) in [6, 6.07) is 0.0310. The van der Waals surface area contributed by atoms with E-state index in [9.17, 15) is 9.59 Å². The van der Waals surface area contributed by atoms with Gasteiger partial charge in [0.05, 0.1) is 0 Å². The van der Waals surface area contributed by atoms with E-state index in [1.807, 2.05) is 4.90 Å². The zero-order chi connectivity index (χ0) is 15.3. The Hall–Kier alpha value is -1.26. The largest absolute Gasteiger partial charge is 0.481 e. The van der Waals surface area contributed by atoms with Crippen molar-refractivity contribution in [1.29, 1.82) is 0 Å². The van der Waals surface area contributed by atoms with Gasteiger partial charge in [0.25, 0.3) is 0 Å². The molecule has 0 bridgehead atoms. The molecular weight excluding hydrogens is 268 g/mol. The summed E-state index contributed by atoms with van der Waals surface area (Å²) in [6.07, 6.45) is 7.99. The molecule has 5 nitrogen and oxygen atoms in total. The third kappa shape index (κ3) is 4.35. The van der Waals surface area contributed by atoms with Gasteiger partial charge in [-0.3, -0.25) is 4.79 Å². The van der Waals surface area contributed by atoms with E-state index < -0.39 is 5.97 Å². The van der Waals surface area contributed by atoms with Gasteiger partial charge >= 0.3 is 12.0 Å². The number of carboxylic acid groups (broad SMARTS) is 1. The Balaban J connectivity index is 1.73. The number of urea groups is 1. The summed E-state index contributed by atoms with van der Waals surface area (Å²) < 4.78 is 0. The molecule has 0 aromatic rings. The summed E-state index contributed by atoms with van der Waals surface area (Å²) in [4.78, 5) is 24.8. The third-order valence-electron chi connectivity index (χ3n) is 5.39. The van der Waals surface area contributed by atoms with Crippen LogP contribution in [-0.4, -0.2) is 41.6 Å². The molecule has 2 aliphatic rings. The number of carbonyl (C=O) groups is 2. The molecule has 0 aromatic carbocycles. The number of amides is 2. The second kappa shape index (κ2) is 7.14. The Kier molecular flexibility index (Phi) is 5.48. The van der Waals surface area contributed by atoms with Crippen LogP contribution in [0.3, 0.4) is 0 Å². The SMILES string of the molecule is CCC1(CNC(=O)N2CCC(CC(=O)O)CC2)CCCC1. The number of nitrogens with zero attached hydrogens (tertiary/aromatic N) is 1. The highest BCUT2D eigenvalue weighted by molar-refractivity contribution is 5.74. The molecule has 2 rings (SSSR count). The highest BCUT2D eigenvalue weighted by Crippen LogP contribution is 2.40. The number of carboxylic acids is 1. The number of aliphatic carboxylic acids is 1. The van der Waals surface area contributed by atoms with Gasteiger partial charge in [0.1, 0.15) is 0 Å². The Bertz CT molecular complexity index is 370. The van der Waals surface area contributed by atoms with Crippen molar-refractivity contribution in [1.82, 2.24) is 10.2 Å². The lowest BCUT2D eigenvalue weighted by Crippen LogP contribution is -2.47. The van der Waals surface area contributed by atoms with E-state index in [-0.39, 0.29) is 18.4 Å². The molecule has 1 heterocycles. The first-order chi connectivity index (χ1) is 10.0. The van der Waals surface area contributed by atoms with Crippen molar-refractivity contribution in [3.63, 3.8) is 0 Å². The molecule has 0 aromatic heterocycles. The van der Waals surface area contributed by atoms with Gasteiger partial charge in [-0.05, 0) is 43.4 Å². The Morgan fingerprint density at radius 1 is 1.24 bits per heavy atom. The van der Waals surface area contributed by atoms with Gasteiger partial charge in [-0.25, -0.2) is 4.79 Å². The molecule has 2 N–H and O–H groups in total. The molecule has 0 radical (unpaired) electrons. The number of rotatable bonds is 5. The number of piperidine rings is 1. The molecule has 1 saturated carbocycles. The Morgan fingerprint density at radius 3 is 2.38 bits per heavy atom. The molecule has 1 aliphatic heterocycles. The number of hydrogen-bond acceptors (Lipinski definition) is 2. The number of likely N-dealkylation sites (tertiary alicyclic amines) is 1. The molecule has 5 heteroatoms. The maximum Gasteiger partial charge on any atom is 0.317 e. The summed E-state index contributed by atoms with van der Waals surface area (Å²) in [5.74, 6) is -0.507. The van der Waals surface area contributed by atoms with Gasteiger partial charge in [-0.2, -0.15) is 0 Å². The minimum Gasteiger partial charge on any atom is -0.481 e. The zero-order valence-electron chi connectivity index (χ0n) is 13.1. The minimum atomic E-state index is -0.732. The number of nitrogens with one attached hydrogen (secondary N) is 1. The highest BCUT2D eigenvalue weighted by Gasteiger charge is 2.33. The van der Waals surface area contributed by atoms with Crippen molar-refractivity contribution >= 4 is 12.0 Å². The predicted molar refractivity (Wildman–Crippen MR) is 81.1 cm³/mol. The van der Waals surface area contributed by atoms with Crippen LogP contribution in [-0.2, 0) is 4.79 Å². The van der Waals surface area contributed by atoms with Crippen molar-refractivity contribution in [3.05, 3.63) is 0 Å². The van der Waals surface area contributed by atoms with Crippen molar-refractivity contribution in [3.8, 4) is 0 Å². The normalized spacial score (nSPS) is 22.2. The fraction of sp³-hybridized carbons (Fsp3) is 0.875. The topological polar surface area (TPSA) is 69.6 Å². The number of carbonyl (C=O) groups excluding carboxylic acids is 1. The fourth-order valence-corrected chi connectivity index (χ4v) is 3.74. The van der Waals surface area contributed by atoms with Crippen LogP contribution in [0.25, 0.3) is 0 Å². The van der Waals surface area contributed by atoms with E-state index in [1.54, 1.807) is 0 Å². The highest BCUT2D eigenvalue weighted by atomic mass is 16.4. The summed E-state index contributed by atoms with van der Waals surface area (Å²) in [7, 11) is 0. The van der Waals surface area contributed by atoms with Gasteiger partial charge in [0.15, 0.2) is 0 Å². The molecule has 0 unspecified atom stereocenters. The molecule has 1 aliphatic carbocycles. The molecule has 0 atom stereocenters. The van der Waals surface area contributed by atoms with E-state index in [2.05, 4.69) is 12.2 Å². The van der Waals surface area contributed by atoms with Crippen molar-refractivity contribution in [2.75, 3.05) is 19.6 Å². The predicted octanol–water partition coefficient (Wildman–Crippen LogP) is 2.85. The minimum absolute atomic E-state index is 0.0310. The van der Waals surface area contributed by atoms with Crippen LogP contribution in [0.2, 0.25) is 0 Å². The first-order valence-corrected chi connectivity index (χ1v) is 8.29. The smallest absolute Gasteiger partial charge is 0.317 e. The van der Waals surface area contributed by atoms with Crippen molar-refractivity contribution in [2.24, 2.45) is 11.3 Å². The second-order valence-corrected chi connectivity index (χ2v) is 6.75. The van der Waals surface area contributed by atoms with Gasteiger partial charge in [0, 0.05) is 26.1 Å². The molecule has 1 saturated heterocycles. The summed E-state index contributed by atoms with van der Waals surface area (Å²) in [6.45, 7) is 4.37. The first-order valence-electron chi connectivity index (χ1n) is 8.29. The van der Waals surface area contributed by atoms with Crippen LogP contribution in [0.5, 0.6) is 0 Å². The lowest BCUT2D eigenvalue weighted by molar-refractivity contribution is -0.138. The molecule has 0 spiro atoms. The lowest BCUT2D eigenvalue weighted by Gasteiger charge is -2.33. The molecule has 2 fully saturated rings. The standard InChI is InChI=1S/C16H28N2O3/c1-2-16(7-3-4-8-16)12-17-15(21)18-9-5-13(6-10-18)11-14(19)20/h13H,2-12H2,1H3,(H,17,21)(H,19,20). The zero-order valence-corrected chi connectivity index (χ0v) is 13.1. The van der Waals surface area contributed by atoms with Crippen LogP contribution < -0.4 is 5.32 Å². The average molecular weight is 296 g/mol. The average Bonchev–Trinajstić information content (AvgIpc) is 2.94. The summed E-state index contributed by atoms with van der Waals surface area (Å²) >= 11 is 0. The maximum absolute atomic E-state index is 12.2. The van der Waals surface area contributed by atoms with Crippen LogP contribution in [0.1, 0.15) is 58.3 Å². The van der Waals surface area contributed by atoms with Crippen LogP contribution in [0.15, 0.2) is 0 Å². The summed E-state index contributed by atoms with van der Waals surface area (Å²) in [5, 5.41) is 11.9. The van der Waals surface area contributed by atoms with E-state index in [1.165, 1.54) is 25.7 Å². The van der Waals surface area contributed by atoms with E-state index in [0.29, 0.717) is 18.5 Å². The quantitative estimate of drug-likeness (QED) is 0.819. The van der Waals surface area contributed by atoms with E-state index >= 15 is 0 Å². The van der Waals surface area contributed by atoms with Crippen molar-refractivity contribution in [2.45, 2.75) is 58.3 Å². The third-order valence-corrected chi connectivity index (χ3v) is 5.39. The first kappa shape index (κ1) is 16.1.